The summed E-state index contributed by atoms with van der Waals surface area (Å²) in [6.07, 6.45) is 2.73. The molecule has 1 fully saturated rings. The molecule has 2 heterocycles. The molecule has 0 radical (unpaired) electrons. The summed E-state index contributed by atoms with van der Waals surface area (Å²) >= 11 is 0. The second-order valence-corrected chi connectivity index (χ2v) is 5.50. The largest absolute Gasteiger partial charge is 0.481 e. The molecule has 3 rings (SSSR count). The molecule has 0 aromatic heterocycles. The zero-order valence-electron chi connectivity index (χ0n) is 11.1. The summed E-state index contributed by atoms with van der Waals surface area (Å²) < 4.78 is 5.84. The van der Waals surface area contributed by atoms with Gasteiger partial charge in [0.15, 0.2) is 0 Å². The van der Waals surface area contributed by atoms with Crippen molar-refractivity contribution in [1.82, 2.24) is 0 Å². The zero-order valence-corrected chi connectivity index (χ0v) is 11.1. The van der Waals surface area contributed by atoms with Gasteiger partial charge in [0.1, 0.15) is 5.92 Å². The standard InChI is InChI=1S/C15H19NO3/c1-10-6-7-11(19-10)8-16-9-13(15(17)18)12-4-2-3-5-14(12)16/h2-5,10-11,13H,6-9H2,1H3,(H,17,18). The van der Waals surface area contributed by atoms with E-state index in [0.717, 1.165) is 30.6 Å². The number of hydrogen-bond donors (Lipinski definition) is 1. The number of para-hydroxylation sites is 1. The maximum Gasteiger partial charge on any atom is 0.312 e. The summed E-state index contributed by atoms with van der Waals surface area (Å²) in [5.41, 5.74) is 1.99. The maximum atomic E-state index is 11.3. The highest BCUT2D eigenvalue weighted by molar-refractivity contribution is 5.82. The van der Waals surface area contributed by atoms with E-state index in [0.29, 0.717) is 12.6 Å². The summed E-state index contributed by atoms with van der Waals surface area (Å²) in [6.45, 7) is 3.45. The molecule has 3 atom stereocenters. The molecule has 0 amide bonds. The molecule has 4 nitrogen and oxygen atoms in total. The van der Waals surface area contributed by atoms with Gasteiger partial charge in [-0.25, -0.2) is 0 Å². The van der Waals surface area contributed by atoms with Crippen LogP contribution in [0.25, 0.3) is 0 Å². The highest BCUT2D eigenvalue weighted by atomic mass is 16.5. The molecule has 1 N–H and O–H groups in total. The molecule has 1 aromatic rings. The van der Waals surface area contributed by atoms with Crippen molar-refractivity contribution in [3.63, 3.8) is 0 Å². The van der Waals surface area contributed by atoms with Crippen LogP contribution >= 0.6 is 0 Å². The van der Waals surface area contributed by atoms with Crippen molar-refractivity contribution in [3.05, 3.63) is 29.8 Å². The SMILES string of the molecule is CC1CCC(CN2CC(C(=O)O)c3ccccc32)O1. The number of carboxylic acids is 1. The van der Waals surface area contributed by atoms with Crippen LogP contribution in [0.4, 0.5) is 5.69 Å². The summed E-state index contributed by atoms with van der Waals surface area (Å²) in [4.78, 5) is 13.5. The summed E-state index contributed by atoms with van der Waals surface area (Å²) in [7, 11) is 0. The van der Waals surface area contributed by atoms with E-state index < -0.39 is 11.9 Å². The van der Waals surface area contributed by atoms with Crippen molar-refractivity contribution in [3.8, 4) is 0 Å². The number of hydrogen-bond acceptors (Lipinski definition) is 3. The smallest absolute Gasteiger partial charge is 0.312 e. The van der Waals surface area contributed by atoms with Gasteiger partial charge >= 0.3 is 5.97 Å². The van der Waals surface area contributed by atoms with Crippen LogP contribution in [0.5, 0.6) is 0 Å². The highest BCUT2D eigenvalue weighted by Gasteiger charge is 2.35. The number of aliphatic carboxylic acids is 1. The minimum atomic E-state index is -0.740. The normalized spacial score (nSPS) is 29.5. The monoisotopic (exact) mass is 261 g/mol. The molecule has 3 unspecified atom stereocenters. The first-order valence-electron chi connectivity index (χ1n) is 6.87. The Labute approximate surface area is 113 Å². The van der Waals surface area contributed by atoms with Crippen LogP contribution in [0, 0.1) is 0 Å². The molecular weight excluding hydrogens is 242 g/mol. The third-order valence-electron chi connectivity index (χ3n) is 4.10. The number of rotatable bonds is 3. The van der Waals surface area contributed by atoms with Gasteiger partial charge < -0.3 is 14.7 Å². The van der Waals surface area contributed by atoms with Crippen molar-refractivity contribution >= 4 is 11.7 Å². The van der Waals surface area contributed by atoms with Gasteiger partial charge in [-0.3, -0.25) is 4.79 Å². The molecule has 0 spiro atoms. The van der Waals surface area contributed by atoms with E-state index in [9.17, 15) is 9.90 Å². The molecule has 4 heteroatoms. The van der Waals surface area contributed by atoms with Crippen LogP contribution in [-0.2, 0) is 9.53 Å². The number of carbonyl (C=O) groups is 1. The first kappa shape index (κ1) is 12.5. The molecule has 0 saturated carbocycles. The predicted molar refractivity (Wildman–Crippen MR) is 72.6 cm³/mol. The van der Waals surface area contributed by atoms with Crippen molar-refractivity contribution in [1.29, 1.82) is 0 Å². The Morgan fingerprint density at radius 2 is 2.21 bits per heavy atom. The maximum absolute atomic E-state index is 11.3. The fourth-order valence-corrected chi connectivity index (χ4v) is 3.14. The van der Waals surface area contributed by atoms with Crippen LogP contribution in [0.15, 0.2) is 24.3 Å². The lowest BCUT2D eigenvalue weighted by Gasteiger charge is -2.23. The number of anilines is 1. The highest BCUT2D eigenvalue weighted by Crippen LogP contribution is 2.37. The fraction of sp³-hybridized carbons (Fsp3) is 0.533. The van der Waals surface area contributed by atoms with E-state index in [1.807, 2.05) is 24.3 Å². The average molecular weight is 261 g/mol. The van der Waals surface area contributed by atoms with Crippen LogP contribution in [0.3, 0.4) is 0 Å². The third-order valence-corrected chi connectivity index (χ3v) is 4.10. The Kier molecular flexibility index (Phi) is 3.19. The van der Waals surface area contributed by atoms with Gasteiger partial charge in [0.2, 0.25) is 0 Å². The number of ether oxygens (including phenoxy) is 1. The minimum Gasteiger partial charge on any atom is -0.481 e. The van der Waals surface area contributed by atoms with Crippen molar-refractivity contribution in [2.24, 2.45) is 0 Å². The number of nitrogens with zero attached hydrogens (tertiary/aromatic N) is 1. The number of fused-ring (bicyclic) bond motifs is 1. The molecule has 0 bridgehead atoms. The molecular formula is C15H19NO3. The first-order chi connectivity index (χ1) is 9.15. The molecule has 19 heavy (non-hydrogen) atoms. The number of carboxylic acid groups (broad SMARTS) is 1. The summed E-state index contributed by atoms with van der Waals surface area (Å²) in [5.74, 6) is -1.15. The van der Waals surface area contributed by atoms with Crippen molar-refractivity contribution in [2.45, 2.75) is 37.9 Å². The van der Waals surface area contributed by atoms with Gasteiger partial charge in [-0.1, -0.05) is 18.2 Å². The topological polar surface area (TPSA) is 49.8 Å². The van der Waals surface area contributed by atoms with E-state index in [1.54, 1.807) is 0 Å². The van der Waals surface area contributed by atoms with Gasteiger partial charge in [0.25, 0.3) is 0 Å². The van der Waals surface area contributed by atoms with Crippen LogP contribution in [-0.4, -0.2) is 36.4 Å². The van der Waals surface area contributed by atoms with Gasteiger partial charge in [-0.05, 0) is 31.4 Å². The van der Waals surface area contributed by atoms with E-state index in [1.165, 1.54) is 0 Å². The molecule has 102 valence electrons. The average Bonchev–Trinajstić information content (AvgIpc) is 2.95. The lowest BCUT2D eigenvalue weighted by atomic mass is 10.0. The molecule has 0 aliphatic carbocycles. The fourth-order valence-electron chi connectivity index (χ4n) is 3.14. The second-order valence-electron chi connectivity index (χ2n) is 5.50. The quantitative estimate of drug-likeness (QED) is 0.906. The van der Waals surface area contributed by atoms with E-state index in [-0.39, 0.29) is 6.10 Å². The van der Waals surface area contributed by atoms with E-state index >= 15 is 0 Å². The second kappa shape index (κ2) is 4.85. The molecule has 1 aromatic carbocycles. The summed E-state index contributed by atoms with van der Waals surface area (Å²) in [6, 6.07) is 7.81. The Balaban J connectivity index is 1.78. The van der Waals surface area contributed by atoms with Gasteiger partial charge in [0.05, 0.1) is 12.2 Å². The Morgan fingerprint density at radius 1 is 1.42 bits per heavy atom. The van der Waals surface area contributed by atoms with Gasteiger partial charge in [-0.2, -0.15) is 0 Å². The van der Waals surface area contributed by atoms with E-state index in [4.69, 9.17) is 4.74 Å². The Bertz CT molecular complexity index is 488. The molecule has 2 aliphatic heterocycles. The van der Waals surface area contributed by atoms with Crippen LogP contribution in [0.1, 0.15) is 31.2 Å². The predicted octanol–water partition coefficient (Wildman–Crippen LogP) is 2.24. The van der Waals surface area contributed by atoms with Gasteiger partial charge in [0, 0.05) is 18.8 Å². The lowest BCUT2D eigenvalue weighted by molar-refractivity contribution is -0.138. The zero-order chi connectivity index (χ0) is 13.4. The van der Waals surface area contributed by atoms with Crippen LogP contribution < -0.4 is 4.90 Å². The van der Waals surface area contributed by atoms with Gasteiger partial charge in [-0.15, -0.1) is 0 Å². The molecule has 2 aliphatic rings. The summed E-state index contributed by atoms with van der Waals surface area (Å²) in [5, 5.41) is 9.32. The molecule has 1 saturated heterocycles. The van der Waals surface area contributed by atoms with E-state index in [2.05, 4.69) is 11.8 Å². The Hall–Kier alpha value is -1.55. The van der Waals surface area contributed by atoms with Crippen molar-refractivity contribution < 1.29 is 14.6 Å². The van der Waals surface area contributed by atoms with Crippen LogP contribution in [0.2, 0.25) is 0 Å². The Morgan fingerprint density at radius 3 is 2.89 bits per heavy atom. The lowest BCUT2D eigenvalue weighted by Crippen LogP contribution is -2.32. The minimum absolute atomic E-state index is 0.232. The first-order valence-corrected chi connectivity index (χ1v) is 6.87. The third kappa shape index (κ3) is 2.32. The van der Waals surface area contributed by atoms with Crippen molar-refractivity contribution in [2.75, 3.05) is 18.0 Å². The number of benzene rings is 1.